The van der Waals surface area contributed by atoms with Crippen LogP contribution in [0.3, 0.4) is 0 Å². The molecule has 22 heavy (non-hydrogen) atoms. The van der Waals surface area contributed by atoms with Gasteiger partial charge in [0.1, 0.15) is 0 Å². The number of pyridine rings is 1. The number of hydrogen-bond acceptors (Lipinski definition) is 6. The fourth-order valence-electron chi connectivity index (χ4n) is 2.71. The highest BCUT2D eigenvalue weighted by atomic mass is 31.1. The largest absolute Gasteiger partial charge is 0.695 e. The molecule has 3 heterocycles. The molecule has 10 heteroatoms. The molecule has 0 saturated carbocycles. The molecule has 9 nitrogen and oxygen atoms in total. The summed E-state index contributed by atoms with van der Waals surface area (Å²) in [4.78, 5) is 27.3. The number of hydrogen-bond donors (Lipinski definition) is 3. The Kier molecular flexibility index (Phi) is 4.07. The van der Waals surface area contributed by atoms with Crippen LogP contribution in [0.15, 0.2) is 23.4 Å². The quantitative estimate of drug-likeness (QED) is 0.688. The molecule has 1 fully saturated rings. The van der Waals surface area contributed by atoms with E-state index in [0.29, 0.717) is 5.52 Å². The fourth-order valence-corrected chi connectivity index (χ4v) is 3.22. The van der Waals surface area contributed by atoms with Gasteiger partial charge in [-0.15, -0.1) is 9.42 Å². The molecule has 2 aromatic rings. The highest BCUT2D eigenvalue weighted by molar-refractivity contribution is 7.32. The number of aromatic nitrogens is 3. The van der Waals surface area contributed by atoms with Crippen molar-refractivity contribution < 1.29 is 23.8 Å². The average molecular weight is 328 g/mol. The van der Waals surface area contributed by atoms with Gasteiger partial charge in [-0.25, -0.2) is 4.98 Å². The van der Waals surface area contributed by atoms with E-state index >= 15 is 0 Å². The predicted molar refractivity (Wildman–Crippen MR) is 75.2 cm³/mol. The van der Waals surface area contributed by atoms with Crippen LogP contribution in [0.2, 0.25) is 0 Å². The normalized spacial score (nSPS) is 29.1. The maximum Gasteiger partial charge on any atom is 0.695 e. The summed E-state index contributed by atoms with van der Waals surface area (Å²) in [6.07, 6.45) is 0.849. The molecular weight excluding hydrogens is 313 g/mol. The van der Waals surface area contributed by atoms with E-state index in [1.54, 1.807) is 17.6 Å². The average Bonchev–Trinajstić information content (AvgIpc) is 3.02. The summed E-state index contributed by atoms with van der Waals surface area (Å²) < 4.78 is 23.4. The highest BCUT2D eigenvalue weighted by Crippen LogP contribution is 2.40. The number of H-pyrrole nitrogens is 1. The summed E-state index contributed by atoms with van der Waals surface area (Å²) >= 11 is 0. The molecule has 1 aliphatic heterocycles. The van der Waals surface area contributed by atoms with E-state index in [2.05, 4.69) is 9.97 Å². The van der Waals surface area contributed by atoms with Crippen molar-refractivity contribution in [3.8, 4) is 0 Å². The summed E-state index contributed by atoms with van der Waals surface area (Å²) in [5.74, 6) is -0.305. The molecule has 1 aliphatic rings. The number of aliphatic hydroxyl groups is 1. The Morgan fingerprint density at radius 1 is 1.59 bits per heavy atom. The molecule has 0 bridgehead atoms. The number of imidazole rings is 1. The Morgan fingerprint density at radius 3 is 3.05 bits per heavy atom. The third kappa shape index (κ3) is 2.47. The monoisotopic (exact) mass is 328 g/mol. The van der Waals surface area contributed by atoms with Crippen LogP contribution in [-0.2, 0) is 13.8 Å². The summed E-state index contributed by atoms with van der Waals surface area (Å²) in [6.45, 7) is 1.52. The minimum Gasteiger partial charge on any atom is -0.394 e. The summed E-state index contributed by atoms with van der Waals surface area (Å²) in [5.41, 5.74) is 0.409. The van der Waals surface area contributed by atoms with Crippen LogP contribution in [0.5, 0.6) is 0 Å². The lowest BCUT2D eigenvalue weighted by Crippen LogP contribution is -2.26. The minimum atomic E-state index is -2.83. The van der Waals surface area contributed by atoms with Crippen LogP contribution in [0.25, 0.3) is 11.0 Å². The van der Waals surface area contributed by atoms with Crippen molar-refractivity contribution in [2.75, 3.05) is 6.61 Å². The third-order valence-corrected chi connectivity index (χ3v) is 4.29. The number of aromatic amines is 1. The van der Waals surface area contributed by atoms with Crippen molar-refractivity contribution in [1.82, 2.24) is 14.5 Å². The molecule has 3 rings (SSSR count). The van der Waals surface area contributed by atoms with Gasteiger partial charge >= 0.3 is 8.25 Å². The maximum absolute atomic E-state index is 11.7. The van der Waals surface area contributed by atoms with E-state index in [1.807, 2.05) is 0 Å². The first-order chi connectivity index (χ1) is 10.5. The Bertz CT molecular complexity index is 759. The number of fused-ring (bicyclic) bond motifs is 1. The van der Waals surface area contributed by atoms with Crippen LogP contribution in [-0.4, -0.2) is 43.3 Å². The van der Waals surface area contributed by atoms with E-state index in [-0.39, 0.29) is 23.6 Å². The van der Waals surface area contributed by atoms with Crippen molar-refractivity contribution in [3.05, 3.63) is 28.9 Å². The van der Waals surface area contributed by atoms with E-state index in [4.69, 9.17) is 14.2 Å². The van der Waals surface area contributed by atoms with Crippen LogP contribution >= 0.6 is 8.25 Å². The maximum atomic E-state index is 11.7. The van der Waals surface area contributed by atoms with Gasteiger partial charge in [0, 0.05) is 16.7 Å². The topological polar surface area (TPSA) is 127 Å². The predicted octanol–water partition coefficient (Wildman–Crippen LogP) is 0.285. The van der Waals surface area contributed by atoms with Gasteiger partial charge in [0.2, 0.25) is 0 Å². The van der Waals surface area contributed by atoms with Crippen molar-refractivity contribution in [2.24, 2.45) is 5.92 Å². The van der Waals surface area contributed by atoms with Gasteiger partial charge in [0.25, 0.3) is 5.56 Å². The smallest absolute Gasteiger partial charge is 0.394 e. The first-order valence-corrected chi connectivity index (χ1v) is 7.79. The van der Waals surface area contributed by atoms with Crippen LogP contribution < -0.4 is 5.56 Å². The standard InChI is InChI=1S/C12H14N3O6P/c1-6-8(4-16)20-12(10(6)21-22(18)19)15-5-14-9-7(15)2-3-13-11(9)17/h2-3,5-6,8,10,12,16H,4H2,1H3,(H-,13,17,18,19)/p+1/t6-,8-,10-,12-/m1/s1. The number of aliphatic hydroxyl groups excluding tert-OH is 1. The van der Waals surface area contributed by atoms with Crippen LogP contribution in [0, 0.1) is 5.92 Å². The molecule has 0 spiro atoms. The lowest BCUT2D eigenvalue weighted by atomic mass is 10.0. The molecule has 118 valence electrons. The van der Waals surface area contributed by atoms with Crippen molar-refractivity contribution in [2.45, 2.75) is 25.4 Å². The Hall–Kier alpha value is -1.64. The molecule has 5 atom stereocenters. The Labute approximate surface area is 125 Å². The first-order valence-electron chi connectivity index (χ1n) is 6.66. The minimum absolute atomic E-state index is 0.235. The third-order valence-electron chi connectivity index (χ3n) is 3.87. The number of nitrogens with one attached hydrogen (secondary N) is 1. The summed E-state index contributed by atoms with van der Waals surface area (Å²) in [7, 11) is -2.83. The van der Waals surface area contributed by atoms with Gasteiger partial charge in [-0.1, -0.05) is 6.92 Å². The second kappa shape index (κ2) is 5.86. The van der Waals surface area contributed by atoms with Crippen LogP contribution in [0.1, 0.15) is 13.2 Å². The number of ether oxygens (including phenoxy) is 1. The summed E-state index contributed by atoms with van der Waals surface area (Å²) in [5, 5.41) is 9.37. The van der Waals surface area contributed by atoms with E-state index in [0.717, 1.165) is 0 Å². The van der Waals surface area contributed by atoms with Crippen LogP contribution in [0.4, 0.5) is 0 Å². The first kappa shape index (κ1) is 15.3. The van der Waals surface area contributed by atoms with Gasteiger partial charge in [-0.3, -0.25) is 4.79 Å². The van der Waals surface area contributed by atoms with Crippen molar-refractivity contribution in [3.63, 3.8) is 0 Å². The second-order valence-corrected chi connectivity index (χ2v) is 5.79. The molecule has 1 unspecified atom stereocenters. The zero-order chi connectivity index (χ0) is 15.9. The van der Waals surface area contributed by atoms with Gasteiger partial charge < -0.3 is 19.4 Å². The molecule has 1 saturated heterocycles. The number of rotatable bonds is 4. The zero-order valence-corrected chi connectivity index (χ0v) is 12.5. The van der Waals surface area contributed by atoms with E-state index in [9.17, 15) is 14.5 Å². The van der Waals surface area contributed by atoms with E-state index in [1.165, 1.54) is 12.5 Å². The second-order valence-electron chi connectivity index (χ2n) is 5.11. The lowest BCUT2D eigenvalue weighted by molar-refractivity contribution is -0.0448. The van der Waals surface area contributed by atoms with Crippen molar-refractivity contribution in [1.29, 1.82) is 0 Å². The lowest BCUT2D eigenvalue weighted by Gasteiger charge is -2.17. The Morgan fingerprint density at radius 2 is 2.36 bits per heavy atom. The number of nitrogens with zero attached hydrogens (tertiary/aromatic N) is 2. The van der Waals surface area contributed by atoms with Crippen molar-refractivity contribution >= 4 is 19.3 Å². The Balaban J connectivity index is 2.05. The van der Waals surface area contributed by atoms with Gasteiger partial charge in [-0.05, 0) is 6.07 Å². The fraction of sp³-hybridized carbons (Fsp3) is 0.500. The van der Waals surface area contributed by atoms with Gasteiger partial charge in [0.15, 0.2) is 17.8 Å². The molecule has 0 aliphatic carbocycles. The summed E-state index contributed by atoms with van der Waals surface area (Å²) in [6, 6.07) is 1.65. The zero-order valence-electron chi connectivity index (χ0n) is 11.6. The molecule has 3 N–H and O–H groups in total. The SMILES string of the molecule is C[C@H]1[C@@H](O[P+](=O)O)[C@H](n2cnc3c(=O)[nH]ccc32)O[C@@H]1CO. The molecular formula is C12H15N3O6P+. The molecule has 0 amide bonds. The van der Waals surface area contributed by atoms with E-state index < -0.39 is 26.7 Å². The van der Waals surface area contributed by atoms with Gasteiger partial charge in [0.05, 0.1) is 24.6 Å². The molecule has 0 aromatic carbocycles. The highest BCUT2D eigenvalue weighted by Gasteiger charge is 2.48. The van der Waals surface area contributed by atoms with Gasteiger partial charge in [-0.2, -0.15) is 0 Å². The molecule has 2 aromatic heterocycles. The molecule has 0 radical (unpaired) electrons.